The van der Waals surface area contributed by atoms with Crippen LogP contribution in [0, 0.1) is 0 Å². The molecule has 0 unspecified atom stereocenters. The minimum atomic E-state index is -0.233. The summed E-state index contributed by atoms with van der Waals surface area (Å²) in [6, 6.07) is 12.0. The van der Waals surface area contributed by atoms with Gasteiger partial charge in [-0.3, -0.25) is 9.59 Å². The van der Waals surface area contributed by atoms with Crippen LogP contribution in [0.2, 0.25) is 0 Å². The molecule has 2 aromatic carbocycles. The molecule has 110 valence electrons. The number of hydrogen-bond donors (Lipinski definition) is 1. The number of nitrogens with one attached hydrogen (secondary N) is 1. The summed E-state index contributed by atoms with van der Waals surface area (Å²) in [6.07, 6.45) is 0. The van der Waals surface area contributed by atoms with Gasteiger partial charge in [0.05, 0.1) is 5.52 Å². The van der Waals surface area contributed by atoms with Crippen molar-refractivity contribution in [3.8, 4) is 0 Å². The highest BCUT2D eigenvalue weighted by Crippen LogP contribution is 2.15. The van der Waals surface area contributed by atoms with Crippen LogP contribution in [0.15, 0.2) is 42.5 Å². The van der Waals surface area contributed by atoms with E-state index in [0.29, 0.717) is 22.3 Å². The Balaban J connectivity index is 1.81. The van der Waals surface area contributed by atoms with Crippen molar-refractivity contribution in [1.29, 1.82) is 0 Å². The molecule has 0 fully saturated rings. The number of carbonyl (C=O) groups excluding carboxylic acids is 2. The van der Waals surface area contributed by atoms with Crippen molar-refractivity contribution in [2.24, 2.45) is 7.05 Å². The minimum absolute atomic E-state index is 0.00835. The van der Waals surface area contributed by atoms with Gasteiger partial charge in [0.2, 0.25) is 0 Å². The molecule has 0 aliphatic rings. The van der Waals surface area contributed by atoms with E-state index in [4.69, 9.17) is 0 Å². The first-order chi connectivity index (χ1) is 10.5. The lowest BCUT2D eigenvalue weighted by atomic mass is 10.1. The molecule has 0 saturated carbocycles. The summed E-state index contributed by atoms with van der Waals surface area (Å²) in [7, 11) is 1.80. The fourth-order valence-electron chi connectivity index (χ4n) is 2.17. The van der Waals surface area contributed by atoms with Crippen molar-refractivity contribution < 1.29 is 9.59 Å². The van der Waals surface area contributed by atoms with Crippen LogP contribution in [0.25, 0.3) is 11.0 Å². The topological polar surface area (TPSA) is 76.9 Å². The SMILES string of the molecule is CC(=O)c1ccc(NC(=O)c2ccc3c(c2)nnn3C)cc1. The molecule has 0 atom stereocenters. The lowest BCUT2D eigenvalue weighted by molar-refractivity contribution is 0.101. The molecule has 1 N–H and O–H groups in total. The molecule has 0 radical (unpaired) electrons. The second-order valence-electron chi connectivity index (χ2n) is 5.00. The second-order valence-corrected chi connectivity index (χ2v) is 5.00. The molecule has 0 saturated heterocycles. The zero-order chi connectivity index (χ0) is 15.7. The zero-order valence-electron chi connectivity index (χ0n) is 12.2. The first-order valence-corrected chi connectivity index (χ1v) is 6.76. The molecular formula is C16H14N4O2. The van der Waals surface area contributed by atoms with Gasteiger partial charge in [0, 0.05) is 23.9 Å². The van der Waals surface area contributed by atoms with Crippen LogP contribution >= 0.6 is 0 Å². The van der Waals surface area contributed by atoms with E-state index < -0.39 is 0 Å². The number of benzene rings is 2. The van der Waals surface area contributed by atoms with Crippen molar-refractivity contribution in [3.05, 3.63) is 53.6 Å². The average Bonchev–Trinajstić information content (AvgIpc) is 2.88. The summed E-state index contributed by atoms with van der Waals surface area (Å²) in [6.45, 7) is 1.50. The number of amides is 1. The number of ketones is 1. The van der Waals surface area contributed by atoms with E-state index in [1.165, 1.54) is 6.92 Å². The van der Waals surface area contributed by atoms with Crippen molar-refractivity contribution in [3.63, 3.8) is 0 Å². The number of carbonyl (C=O) groups is 2. The van der Waals surface area contributed by atoms with Gasteiger partial charge in [-0.2, -0.15) is 0 Å². The molecule has 1 aromatic heterocycles. The smallest absolute Gasteiger partial charge is 0.255 e. The molecule has 1 heterocycles. The summed E-state index contributed by atoms with van der Waals surface area (Å²) >= 11 is 0. The Bertz CT molecular complexity index is 865. The van der Waals surface area contributed by atoms with Crippen molar-refractivity contribution in [1.82, 2.24) is 15.0 Å². The quantitative estimate of drug-likeness (QED) is 0.753. The van der Waals surface area contributed by atoms with E-state index in [-0.39, 0.29) is 11.7 Å². The second kappa shape index (κ2) is 5.40. The Morgan fingerprint density at radius 2 is 1.73 bits per heavy atom. The van der Waals surface area contributed by atoms with Gasteiger partial charge in [-0.1, -0.05) is 5.21 Å². The fourth-order valence-corrected chi connectivity index (χ4v) is 2.17. The molecule has 6 nitrogen and oxygen atoms in total. The number of nitrogens with zero attached hydrogens (tertiary/aromatic N) is 3. The Hall–Kier alpha value is -3.02. The summed E-state index contributed by atoms with van der Waals surface area (Å²) in [5.41, 5.74) is 3.28. The highest BCUT2D eigenvalue weighted by molar-refractivity contribution is 6.06. The summed E-state index contributed by atoms with van der Waals surface area (Å²) in [5, 5.41) is 10.7. The van der Waals surface area contributed by atoms with E-state index >= 15 is 0 Å². The number of aromatic nitrogens is 3. The molecule has 22 heavy (non-hydrogen) atoms. The average molecular weight is 294 g/mol. The zero-order valence-corrected chi connectivity index (χ0v) is 12.2. The Labute approximate surface area is 126 Å². The number of fused-ring (bicyclic) bond motifs is 1. The van der Waals surface area contributed by atoms with Gasteiger partial charge in [-0.05, 0) is 49.4 Å². The predicted molar refractivity (Wildman–Crippen MR) is 82.9 cm³/mol. The first-order valence-electron chi connectivity index (χ1n) is 6.76. The molecule has 0 aliphatic heterocycles. The van der Waals surface area contributed by atoms with Crippen LogP contribution in [-0.2, 0) is 7.05 Å². The van der Waals surface area contributed by atoms with E-state index in [2.05, 4.69) is 15.6 Å². The number of hydrogen-bond acceptors (Lipinski definition) is 4. The molecule has 6 heteroatoms. The lowest BCUT2D eigenvalue weighted by Gasteiger charge is -2.06. The first kappa shape index (κ1) is 13.9. The minimum Gasteiger partial charge on any atom is -0.322 e. The summed E-state index contributed by atoms with van der Waals surface area (Å²) in [4.78, 5) is 23.5. The van der Waals surface area contributed by atoms with Crippen LogP contribution in [0.5, 0.6) is 0 Å². The Morgan fingerprint density at radius 1 is 1.05 bits per heavy atom. The molecule has 3 aromatic rings. The normalized spacial score (nSPS) is 10.6. The molecule has 1 amide bonds. The van der Waals surface area contributed by atoms with Crippen molar-refractivity contribution in [2.75, 3.05) is 5.32 Å². The third kappa shape index (κ3) is 2.58. The summed E-state index contributed by atoms with van der Waals surface area (Å²) < 4.78 is 1.65. The highest BCUT2D eigenvalue weighted by atomic mass is 16.1. The monoisotopic (exact) mass is 294 g/mol. The molecule has 0 bridgehead atoms. The van der Waals surface area contributed by atoms with Gasteiger partial charge in [0.15, 0.2) is 5.78 Å². The maximum Gasteiger partial charge on any atom is 0.255 e. The highest BCUT2D eigenvalue weighted by Gasteiger charge is 2.09. The maximum absolute atomic E-state index is 12.3. The van der Waals surface area contributed by atoms with Crippen LogP contribution in [0.3, 0.4) is 0 Å². The summed E-state index contributed by atoms with van der Waals surface area (Å²) in [5.74, 6) is -0.242. The number of aryl methyl sites for hydroxylation is 1. The maximum atomic E-state index is 12.3. The molecule has 0 aliphatic carbocycles. The van der Waals surface area contributed by atoms with Crippen LogP contribution < -0.4 is 5.32 Å². The van der Waals surface area contributed by atoms with Crippen LogP contribution in [0.1, 0.15) is 27.6 Å². The van der Waals surface area contributed by atoms with Gasteiger partial charge in [-0.15, -0.1) is 5.10 Å². The van der Waals surface area contributed by atoms with Crippen LogP contribution in [-0.4, -0.2) is 26.7 Å². The van der Waals surface area contributed by atoms with E-state index in [1.54, 1.807) is 48.1 Å². The van der Waals surface area contributed by atoms with E-state index in [9.17, 15) is 9.59 Å². The third-order valence-electron chi connectivity index (χ3n) is 3.42. The van der Waals surface area contributed by atoms with Gasteiger partial charge < -0.3 is 5.32 Å². The van der Waals surface area contributed by atoms with E-state index in [1.807, 2.05) is 6.07 Å². The van der Waals surface area contributed by atoms with Crippen LogP contribution in [0.4, 0.5) is 5.69 Å². The standard InChI is InChI=1S/C16H14N4O2/c1-10(21)11-3-6-13(7-4-11)17-16(22)12-5-8-15-14(9-12)18-19-20(15)2/h3-9H,1-2H3,(H,17,22). The lowest BCUT2D eigenvalue weighted by Crippen LogP contribution is -2.11. The number of rotatable bonds is 3. The van der Waals surface area contributed by atoms with Gasteiger partial charge in [0.25, 0.3) is 5.91 Å². The molecule has 3 rings (SSSR count). The Kier molecular flexibility index (Phi) is 3.42. The van der Waals surface area contributed by atoms with Gasteiger partial charge >= 0.3 is 0 Å². The molecule has 0 spiro atoms. The van der Waals surface area contributed by atoms with Gasteiger partial charge in [-0.25, -0.2) is 4.68 Å². The fraction of sp³-hybridized carbons (Fsp3) is 0.125. The van der Waals surface area contributed by atoms with Crippen molar-refractivity contribution >= 4 is 28.4 Å². The third-order valence-corrected chi connectivity index (χ3v) is 3.42. The Morgan fingerprint density at radius 3 is 2.41 bits per heavy atom. The molecular weight excluding hydrogens is 280 g/mol. The largest absolute Gasteiger partial charge is 0.322 e. The predicted octanol–water partition coefficient (Wildman–Crippen LogP) is 2.42. The number of Topliss-reactive ketones (excluding diaryl/α,β-unsaturated/α-hetero) is 1. The number of anilines is 1. The van der Waals surface area contributed by atoms with Gasteiger partial charge in [0.1, 0.15) is 5.52 Å². The van der Waals surface area contributed by atoms with E-state index in [0.717, 1.165) is 5.52 Å². The van der Waals surface area contributed by atoms with Crippen molar-refractivity contribution in [2.45, 2.75) is 6.92 Å².